The fourth-order valence-electron chi connectivity index (χ4n) is 4.18. The highest BCUT2D eigenvalue weighted by atomic mass is 16.5. The highest BCUT2D eigenvalue weighted by molar-refractivity contribution is 5.78. The molecule has 2 saturated heterocycles. The summed E-state index contributed by atoms with van der Waals surface area (Å²) in [6.07, 6.45) is 4.10. The number of likely N-dealkylation sites (tertiary alicyclic amines) is 1. The maximum Gasteiger partial charge on any atom is 0.191 e. The Bertz CT molecular complexity index is 380. The zero-order valence-corrected chi connectivity index (χ0v) is 12.4. The molecule has 19 heavy (non-hydrogen) atoms. The number of piperidine rings is 1. The van der Waals surface area contributed by atoms with E-state index in [4.69, 9.17) is 15.5 Å². The third kappa shape index (κ3) is 2.14. The van der Waals surface area contributed by atoms with Crippen molar-refractivity contribution < 1.29 is 4.74 Å². The van der Waals surface area contributed by atoms with Gasteiger partial charge in [-0.2, -0.15) is 0 Å². The van der Waals surface area contributed by atoms with Crippen LogP contribution in [0.4, 0.5) is 0 Å². The molecular weight excluding hydrogens is 238 g/mol. The molecule has 0 amide bonds. The molecule has 0 spiro atoms. The van der Waals surface area contributed by atoms with Crippen LogP contribution in [0.5, 0.6) is 0 Å². The first-order valence-electron chi connectivity index (χ1n) is 7.70. The average molecular weight is 265 g/mol. The van der Waals surface area contributed by atoms with Gasteiger partial charge >= 0.3 is 0 Å². The minimum atomic E-state index is 0.146. The molecular formula is C15H27N3O. The predicted octanol–water partition coefficient (Wildman–Crippen LogP) is 1.85. The number of nitrogens with two attached hydrogens (primary N) is 1. The number of hydrogen-bond donors (Lipinski definition) is 1. The Morgan fingerprint density at radius 1 is 1.37 bits per heavy atom. The van der Waals surface area contributed by atoms with Gasteiger partial charge in [-0.25, -0.2) is 4.99 Å². The van der Waals surface area contributed by atoms with Gasteiger partial charge in [0.15, 0.2) is 5.96 Å². The molecule has 1 saturated carbocycles. The van der Waals surface area contributed by atoms with Gasteiger partial charge in [0.05, 0.1) is 12.1 Å². The molecule has 3 fully saturated rings. The largest absolute Gasteiger partial charge is 0.377 e. The van der Waals surface area contributed by atoms with E-state index in [1.54, 1.807) is 0 Å². The third-order valence-corrected chi connectivity index (χ3v) is 5.29. The Hall–Kier alpha value is -0.770. The molecule has 108 valence electrons. The molecule has 3 aliphatic rings. The van der Waals surface area contributed by atoms with Crippen molar-refractivity contribution in [2.45, 2.75) is 52.2 Å². The van der Waals surface area contributed by atoms with E-state index in [0.29, 0.717) is 18.1 Å². The van der Waals surface area contributed by atoms with Crippen LogP contribution in [0.25, 0.3) is 0 Å². The van der Waals surface area contributed by atoms with E-state index in [1.165, 1.54) is 12.8 Å². The van der Waals surface area contributed by atoms with E-state index < -0.39 is 0 Å². The van der Waals surface area contributed by atoms with Gasteiger partial charge in [-0.1, -0.05) is 20.8 Å². The van der Waals surface area contributed by atoms with Gasteiger partial charge in [-0.3, -0.25) is 0 Å². The standard InChI is InChI=1S/C15H27N3O/c1-10-5-4-7-18(9-10)14(16)17-12-11-6-8-19-13(11)15(12,2)3/h10-13H,4-9H2,1-3H3,(H2,16,17). The van der Waals surface area contributed by atoms with Crippen LogP contribution in [0.15, 0.2) is 4.99 Å². The van der Waals surface area contributed by atoms with E-state index in [2.05, 4.69) is 25.7 Å². The first-order chi connectivity index (χ1) is 9.00. The Balaban J connectivity index is 1.70. The molecule has 0 bridgehead atoms. The van der Waals surface area contributed by atoms with Gasteiger partial charge in [-0.05, 0) is 25.2 Å². The van der Waals surface area contributed by atoms with Gasteiger partial charge in [0.25, 0.3) is 0 Å². The molecule has 0 aromatic heterocycles. The molecule has 1 aliphatic carbocycles. The first kappa shape index (κ1) is 13.2. The summed E-state index contributed by atoms with van der Waals surface area (Å²) in [5.41, 5.74) is 6.41. The first-order valence-corrected chi connectivity index (χ1v) is 7.70. The summed E-state index contributed by atoms with van der Waals surface area (Å²) in [5, 5.41) is 0. The van der Waals surface area contributed by atoms with E-state index in [0.717, 1.165) is 38.0 Å². The van der Waals surface area contributed by atoms with Crippen LogP contribution in [0.3, 0.4) is 0 Å². The SMILES string of the molecule is CC1CCCN(C(N)=NC2C3CCOC3C2(C)C)C1. The van der Waals surface area contributed by atoms with Gasteiger partial charge < -0.3 is 15.4 Å². The summed E-state index contributed by atoms with van der Waals surface area (Å²) >= 11 is 0. The maximum atomic E-state index is 6.26. The van der Waals surface area contributed by atoms with Gasteiger partial charge in [0, 0.05) is 31.0 Å². The lowest BCUT2D eigenvalue weighted by Gasteiger charge is -2.52. The molecule has 3 rings (SSSR count). The van der Waals surface area contributed by atoms with E-state index in [-0.39, 0.29) is 5.41 Å². The lowest BCUT2D eigenvalue weighted by Crippen LogP contribution is -2.60. The highest BCUT2D eigenvalue weighted by Gasteiger charge is 2.59. The fraction of sp³-hybridized carbons (Fsp3) is 0.933. The Labute approximate surface area is 116 Å². The minimum absolute atomic E-state index is 0.146. The molecule has 2 aliphatic heterocycles. The van der Waals surface area contributed by atoms with Crippen LogP contribution in [-0.2, 0) is 4.74 Å². The molecule has 0 aromatic carbocycles. The van der Waals surface area contributed by atoms with Crippen LogP contribution >= 0.6 is 0 Å². The van der Waals surface area contributed by atoms with Crippen molar-refractivity contribution in [3.8, 4) is 0 Å². The third-order valence-electron chi connectivity index (χ3n) is 5.29. The average Bonchev–Trinajstić information content (AvgIpc) is 2.82. The molecule has 0 radical (unpaired) electrons. The van der Waals surface area contributed by atoms with Gasteiger partial charge in [-0.15, -0.1) is 0 Å². The molecule has 4 atom stereocenters. The normalized spacial score (nSPS) is 41.8. The minimum Gasteiger partial charge on any atom is -0.377 e. The second kappa shape index (κ2) is 4.65. The number of hydrogen-bond acceptors (Lipinski definition) is 2. The van der Waals surface area contributed by atoms with Crippen molar-refractivity contribution in [3.05, 3.63) is 0 Å². The second-order valence-electron chi connectivity index (χ2n) is 7.19. The summed E-state index contributed by atoms with van der Waals surface area (Å²) in [7, 11) is 0. The van der Waals surface area contributed by atoms with Crippen molar-refractivity contribution in [1.82, 2.24) is 4.90 Å². The van der Waals surface area contributed by atoms with Gasteiger partial charge in [0.2, 0.25) is 0 Å². The molecule has 2 heterocycles. The van der Waals surface area contributed by atoms with Crippen molar-refractivity contribution in [2.24, 2.45) is 28.0 Å². The predicted molar refractivity (Wildman–Crippen MR) is 77.0 cm³/mol. The topological polar surface area (TPSA) is 50.8 Å². The number of nitrogens with zero attached hydrogens (tertiary/aromatic N) is 2. The van der Waals surface area contributed by atoms with Crippen molar-refractivity contribution >= 4 is 5.96 Å². The lowest BCUT2D eigenvalue weighted by molar-refractivity contribution is -0.0988. The zero-order chi connectivity index (χ0) is 13.6. The number of rotatable bonds is 1. The molecule has 2 N–H and O–H groups in total. The zero-order valence-electron chi connectivity index (χ0n) is 12.4. The molecule has 4 heteroatoms. The van der Waals surface area contributed by atoms with Crippen LogP contribution in [0, 0.1) is 17.3 Å². The molecule has 4 unspecified atom stereocenters. The number of guanidine groups is 1. The summed E-state index contributed by atoms with van der Waals surface area (Å²) in [5.74, 6) is 2.09. The second-order valence-corrected chi connectivity index (χ2v) is 7.19. The van der Waals surface area contributed by atoms with Crippen molar-refractivity contribution in [2.75, 3.05) is 19.7 Å². The number of ether oxygens (including phenoxy) is 1. The lowest BCUT2D eigenvalue weighted by atomic mass is 9.57. The van der Waals surface area contributed by atoms with Gasteiger partial charge in [0.1, 0.15) is 0 Å². The molecule has 0 aromatic rings. The molecule has 4 nitrogen and oxygen atoms in total. The summed E-state index contributed by atoms with van der Waals surface area (Å²) in [6.45, 7) is 9.85. The quantitative estimate of drug-likeness (QED) is 0.581. The highest BCUT2D eigenvalue weighted by Crippen LogP contribution is 2.53. The number of fused-ring (bicyclic) bond motifs is 1. The van der Waals surface area contributed by atoms with Crippen molar-refractivity contribution in [1.29, 1.82) is 0 Å². The Kier molecular flexibility index (Phi) is 3.24. The monoisotopic (exact) mass is 265 g/mol. The van der Waals surface area contributed by atoms with E-state index >= 15 is 0 Å². The smallest absolute Gasteiger partial charge is 0.191 e. The fourth-order valence-corrected chi connectivity index (χ4v) is 4.18. The summed E-state index contributed by atoms with van der Waals surface area (Å²) in [6, 6.07) is 0.345. The Morgan fingerprint density at radius 3 is 2.89 bits per heavy atom. The summed E-state index contributed by atoms with van der Waals surface area (Å²) < 4.78 is 5.82. The maximum absolute atomic E-state index is 6.26. The van der Waals surface area contributed by atoms with Crippen LogP contribution in [0.1, 0.15) is 40.0 Å². The van der Waals surface area contributed by atoms with E-state index in [9.17, 15) is 0 Å². The van der Waals surface area contributed by atoms with Crippen LogP contribution in [0.2, 0.25) is 0 Å². The van der Waals surface area contributed by atoms with Crippen LogP contribution in [-0.4, -0.2) is 42.7 Å². The Morgan fingerprint density at radius 2 is 2.16 bits per heavy atom. The van der Waals surface area contributed by atoms with Crippen molar-refractivity contribution in [3.63, 3.8) is 0 Å². The van der Waals surface area contributed by atoms with Crippen LogP contribution < -0.4 is 5.73 Å². The number of aliphatic imine (C=N–C) groups is 1. The summed E-state index contributed by atoms with van der Waals surface area (Å²) in [4.78, 5) is 7.15. The van der Waals surface area contributed by atoms with E-state index in [1.807, 2.05) is 0 Å².